The SMILES string of the molecule is CCCCCCCCCCCCCCCCCCOCCOP(=O)(CO[C@H](C)Cn1cnc2c(=O)[nH]c(N)nc21)OCc1ccccc1. The van der Waals surface area contributed by atoms with Crippen LogP contribution in [0.25, 0.3) is 11.2 Å². The number of rotatable bonds is 29. The van der Waals surface area contributed by atoms with Crippen LogP contribution in [-0.2, 0) is 36.2 Å². The number of fused-ring (bicyclic) bond motifs is 1. The fraction of sp³-hybridized carbons (Fsp3) is 0.694. The molecule has 11 nitrogen and oxygen atoms in total. The maximum absolute atomic E-state index is 13.7. The average Bonchev–Trinajstić information content (AvgIpc) is 3.48. The van der Waals surface area contributed by atoms with Crippen molar-refractivity contribution in [2.24, 2.45) is 0 Å². The van der Waals surface area contributed by atoms with Crippen molar-refractivity contribution in [3.63, 3.8) is 0 Å². The molecule has 2 heterocycles. The molecule has 0 fully saturated rings. The number of nitrogen functional groups attached to an aromatic ring is 1. The molecular formula is C36H60N5O6P. The van der Waals surface area contributed by atoms with E-state index in [1.165, 1.54) is 96.2 Å². The molecule has 0 aliphatic rings. The third kappa shape index (κ3) is 16.2. The molecule has 1 aromatic carbocycles. The molecule has 1 unspecified atom stereocenters. The molecule has 0 spiro atoms. The van der Waals surface area contributed by atoms with Crippen LogP contribution in [0.4, 0.5) is 5.95 Å². The molecule has 0 saturated carbocycles. The summed E-state index contributed by atoms with van der Waals surface area (Å²) in [7, 11) is -3.60. The van der Waals surface area contributed by atoms with E-state index in [1.807, 2.05) is 37.3 Å². The van der Waals surface area contributed by atoms with Crippen molar-refractivity contribution in [1.29, 1.82) is 0 Å². The minimum atomic E-state index is -3.60. The Morgan fingerprint density at radius 3 is 2.06 bits per heavy atom. The third-order valence-electron chi connectivity index (χ3n) is 8.39. The zero-order chi connectivity index (χ0) is 34.3. The summed E-state index contributed by atoms with van der Waals surface area (Å²) in [6.45, 7) is 5.67. The van der Waals surface area contributed by atoms with Crippen LogP contribution in [0.2, 0.25) is 0 Å². The van der Waals surface area contributed by atoms with Crippen LogP contribution >= 0.6 is 7.60 Å². The second kappa shape index (κ2) is 23.7. The first-order chi connectivity index (χ1) is 23.4. The molecule has 0 aliphatic carbocycles. The molecule has 0 bridgehead atoms. The zero-order valence-corrected chi connectivity index (χ0v) is 30.3. The first kappa shape index (κ1) is 39.9. The number of nitrogens with two attached hydrogens (primary N) is 1. The topological polar surface area (TPSA) is 144 Å². The van der Waals surface area contributed by atoms with Crippen molar-refractivity contribution in [2.45, 2.75) is 136 Å². The van der Waals surface area contributed by atoms with Crippen molar-refractivity contribution in [3.05, 3.63) is 52.6 Å². The largest absolute Gasteiger partial charge is 0.379 e. The van der Waals surface area contributed by atoms with Gasteiger partial charge < -0.3 is 28.8 Å². The van der Waals surface area contributed by atoms with Gasteiger partial charge in [0, 0.05) is 6.61 Å². The number of hydrogen-bond acceptors (Lipinski definition) is 9. The second-order valence-corrected chi connectivity index (χ2v) is 14.7. The van der Waals surface area contributed by atoms with Crippen molar-refractivity contribution in [2.75, 3.05) is 31.9 Å². The molecule has 48 heavy (non-hydrogen) atoms. The number of nitrogens with zero attached hydrogens (tertiary/aromatic N) is 3. The fourth-order valence-electron chi connectivity index (χ4n) is 5.60. The quantitative estimate of drug-likeness (QED) is 0.0540. The number of anilines is 1. The Hall–Kier alpha value is -2.56. The Morgan fingerprint density at radius 2 is 1.44 bits per heavy atom. The van der Waals surface area contributed by atoms with E-state index in [1.54, 1.807) is 4.57 Å². The van der Waals surface area contributed by atoms with Crippen LogP contribution < -0.4 is 11.3 Å². The molecule has 2 atom stereocenters. The predicted molar refractivity (Wildman–Crippen MR) is 193 cm³/mol. The number of benzene rings is 1. The third-order valence-corrected chi connectivity index (χ3v) is 9.96. The summed E-state index contributed by atoms with van der Waals surface area (Å²) in [4.78, 5) is 22.8. The Morgan fingerprint density at radius 1 is 0.833 bits per heavy atom. The number of hydrogen-bond donors (Lipinski definition) is 2. The van der Waals surface area contributed by atoms with Crippen LogP contribution in [0.3, 0.4) is 0 Å². The van der Waals surface area contributed by atoms with E-state index in [2.05, 4.69) is 21.9 Å². The highest BCUT2D eigenvalue weighted by Crippen LogP contribution is 2.49. The van der Waals surface area contributed by atoms with Crippen LogP contribution in [0.5, 0.6) is 0 Å². The Bertz CT molecular complexity index is 1370. The van der Waals surface area contributed by atoms with Crippen molar-refractivity contribution < 1.29 is 23.1 Å². The standard InChI is InChI=1S/C36H60N5O6P/c1-3-4-5-6-7-8-9-10-11-12-13-14-15-16-17-21-24-44-25-26-46-48(43,47-28-32-22-19-18-20-23-32)30-45-31(2)27-41-29-38-33-34(41)39-36(37)40-35(33)42/h18-20,22-23,29,31H,3-17,21,24-28,30H2,1-2H3,(H3,37,39,40,42)/t31-,48?/m1/s1. The van der Waals surface area contributed by atoms with Crippen LogP contribution in [0.1, 0.15) is 122 Å². The van der Waals surface area contributed by atoms with Crippen LogP contribution in [-0.4, -0.2) is 51.8 Å². The summed E-state index contributed by atoms with van der Waals surface area (Å²) in [6, 6.07) is 9.52. The molecule has 0 aliphatic heterocycles. The van der Waals surface area contributed by atoms with Crippen molar-refractivity contribution in [1.82, 2.24) is 19.5 Å². The van der Waals surface area contributed by atoms with Gasteiger partial charge in [-0.2, -0.15) is 4.98 Å². The number of imidazole rings is 1. The minimum absolute atomic E-state index is 0.00654. The summed E-state index contributed by atoms with van der Waals surface area (Å²) in [5.41, 5.74) is 6.72. The lowest BCUT2D eigenvalue weighted by molar-refractivity contribution is 0.0530. The van der Waals surface area contributed by atoms with Gasteiger partial charge in [-0.15, -0.1) is 0 Å². The second-order valence-electron chi connectivity index (χ2n) is 12.7. The molecule has 2 aromatic heterocycles. The summed E-state index contributed by atoms with van der Waals surface area (Å²) in [6.07, 6.45) is 22.2. The number of H-pyrrole nitrogens is 1. The summed E-state index contributed by atoms with van der Waals surface area (Å²) >= 11 is 0. The van der Waals surface area contributed by atoms with Crippen LogP contribution in [0.15, 0.2) is 41.5 Å². The smallest absolute Gasteiger partial charge is 0.356 e. The van der Waals surface area contributed by atoms with E-state index in [0.717, 1.165) is 18.4 Å². The van der Waals surface area contributed by atoms with Crippen molar-refractivity contribution >= 4 is 24.7 Å². The van der Waals surface area contributed by atoms with E-state index >= 15 is 0 Å². The Kier molecular flexibility index (Phi) is 19.7. The number of aromatic amines is 1. The van der Waals surface area contributed by atoms with E-state index in [0.29, 0.717) is 25.4 Å². The number of aromatic nitrogens is 4. The van der Waals surface area contributed by atoms with E-state index in [-0.39, 0.29) is 31.0 Å². The molecule has 0 saturated heterocycles. The molecule has 0 amide bonds. The summed E-state index contributed by atoms with van der Waals surface area (Å²) in [5.74, 6) is 0.00654. The van der Waals surface area contributed by atoms with E-state index < -0.39 is 19.3 Å². The number of ether oxygens (including phenoxy) is 2. The molecule has 270 valence electrons. The van der Waals surface area contributed by atoms with Gasteiger partial charge in [0.25, 0.3) is 5.56 Å². The lowest BCUT2D eigenvalue weighted by atomic mass is 10.0. The molecular weight excluding hydrogens is 629 g/mol. The summed E-state index contributed by atoms with van der Waals surface area (Å²) in [5, 5.41) is 0. The van der Waals surface area contributed by atoms with Gasteiger partial charge >= 0.3 is 7.60 Å². The minimum Gasteiger partial charge on any atom is -0.379 e. The van der Waals surface area contributed by atoms with Gasteiger partial charge in [0.2, 0.25) is 5.95 Å². The van der Waals surface area contributed by atoms with E-state index in [4.69, 9.17) is 24.3 Å². The lowest BCUT2D eigenvalue weighted by Gasteiger charge is -2.21. The Balaban J connectivity index is 1.27. The van der Waals surface area contributed by atoms with E-state index in [9.17, 15) is 9.36 Å². The highest BCUT2D eigenvalue weighted by Gasteiger charge is 2.27. The first-order valence-corrected chi connectivity index (χ1v) is 19.9. The predicted octanol–water partition coefficient (Wildman–Crippen LogP) is 8.77. The molecule has 12 heteroatoms. The molecule has 3 rings (SSSR count). The van der Waals surface area contributed by atoms with Gasteiger partial charge in [-0.25, -0.2) is 4.98 Å². The summed E-state index contributed by atoms with van der Waals surface area (Å²) < 4.78 is 38.6. The van der Waals surface area contributed by atoms with Gasteiger partial charge in [0.1, 0.15) is 6.35 Å². The van der Waals surface area contributed by atoms with Gasteiger partial charge in [-0.05, 0) is 18.9 Å². The van der Waals surface area contributed by atoms with Gasteiger partial charge in [0.15, 0.2) is 11.2 Å². The molecule has 0 radical (unpaired) electrons. The highest BCUT2D eigenvalue weighted by molar-refractivity contribution is 7.53. The number of nitrogens with one attached hydrogen (secondary N) is 1. The monoisotopic (exact) mass is 689 g/mol. The van der Waals surface area contributed by atoms with Crippen molar-refractivity contribution in [3.8, 4) is 0 Å². The van der Waals surface area contributed by atoms with Gasteiger partial charge in [0.05, 0.1) is 38.8 Å². The fourth-order valence-corrected chi connectivity index (χ4v) is 6.96. The number of unbranched alkanes of at least 4 members (excludes halogenated alkanes) is 15. The molecule has 3 N–H and O–H groups in total. The maximum Gasteiger partial charge on any atom is 0.356 e. The zero-order valence-electron chi connectivity index (χ0n) is 29.4. The normalized spacial score (nSPS) is 13.6. The maximum atomic E-state index is 13.7. The average molecular weight is 690 g/mol. The first-order valence-electron chi connectivity index (χ1n) is 18.2. The van der Waals surface area contributed by atoms with Crippen LogP contribution in [0, 0.1) is 0 Å². The Labute approximate surface area is 287 Å². The highest BCUT2D eigenvalue weighted by atomic mass is 31.2. The van der Waals surface area contributed by atoms with Gasteiger partial charge in [-0.1, -0.05) is 134 Å². The lowest BCUT2D eigenvalue weighted by Crippen LogP contribution is -2.19. The van der Waals surface area contributed by atoms with Gasteiger partial charge in [-0.3, -0.25) is 14.3 Å². The molecule has 3 aromatic rings.